The Kier molecular flexibility index (Phi) is 4.12. The molecular formula is C16H16ClNS. The lowest BCUT2D eigenvalue weighted by molar-refractivity contribution is 0.687. The summed E-state index contributed by atoms with van der Waals surface area (Å²) >= 11 is 8.09. The van der Waals surface area contributed by atoms with Crippen molar-refractivity contribution in [3.05, 3.63) is 59.1 Å². The molecule has 1 fully saturated rings. The van der Waals surface area contributed by atoms with Crippen LogP contribution in [0, 0.1) is 0 Å². The normalized spacial score (nSPS) is 14.6. The van der Waals surface area contributed by atoms with Crippen molar-refractivity contribution >= 4 is 23.4 Å². The monoisotopic (exact) mass is 289 g/mol. The number of rotatable bonds is 5. The molecule has 1 nitrogen and oxygen atoms in total. The van der Waals surface area contributed by atoms with Crippen LogP contribution in [-0.4, -0.2) is 6.04 Å². The molecular weight excluding hydrogens is 274 g/mol. The summed E-state index contributed by atoms with van der Waals surface area (Å²) in [6.07, 6.45) is 2.61. The molecule has 0 radical (unpaired) electrons. The molecule has 2 aromatic carbocycles. The largest absolute Gasteiger partial charge is 0.310 e. The summed E-state index contributed by atoms with van der Waals surface area (Å²) in [5.41, 5.74) is 1.19. The number of hydrogen-bond donors (Lipinski definition) is 1. The topological polar surface area (TPSA) is 12.0 Å². The molecule has 0 unspecified atom stereocenters. The molecule has 3 heteroatoms. The zero-order valence-electron chi connectivity index (χ0n) is 10.6. The molecule has 0 aliphatic heterocycles. The molecule has 1 aliphatic rings. The second-order valence-electron chi connectivity index (χ2n) is 4.82. The highest BCUT2D eigenvalue weighted by atomic mass is 35.5. The molecule has 0 bridgehead atoms. The molecule has 0 spiro atoms. The Hall–Kier alpha value is -0.960. The van der Waals surface area contributed by atoms with Crippen LogP contribution in [0.2, 0.25) is 5.02 Å². The first-order valence-electron chi connectivity index (χ1n) is 6.56. The van der Waals surface area contributed by atoms with Crippen LogP contribution in [0.4, 0.5) is 0 Å². The standard InChI is InChI=1S/C16H16ClNS/c17-16-10-15(19-14-4-2-1-3-5-14)9-6-12(16)11-18-13-7-8-13/h1-6,9-10,13,18H,7-8,11H2. The van der Waals surface area contributed by atoms with Crippen molar-refractivity contribution in [2.75, 3.05) is 0 Å². The Labute approximate surface area is 123 Å². The van der Waals surface area contributed by atoms with Crippen LogP contribution in [0.1, 0.15) is 18.4 Å². The molecule has 0 amide bonds. The minimum Gasteiger partial charge on any atom is -0.310 e. The lowest BCUT2D eigenvalue weighted by Crippen LogP contribution is -2.15. The highest BCUT2D eigenvalue weighted by Crippen LogP contribution is 2.31. The van der Waals surface area contributed by atoms with E-state index in [9.17, 15) is 0 Å². The minimum absolute atomic E-state index is 0.717. The van der Waals surface area contributed by atoms with Gasteiger partial charge >= 0.3 is 0 Å². The van der Waals surface area contributed by atoms with Crippen molar-refractivity contribution in [2.24, 2.45) is 0 Å². The Morgan fingerprint density at radius 3 is 2.53 bits per heavy atom. The summed E-state index contributed by atoms with van der Waals surface area (Å²) in [5.74, 6) is 0. The van der Waals surface area contributed by atoms with Crippen LogP contribution in [0.5, 0.6) is 0 Å². The van der Waals surface area contributed by atoms with Crippen molar-refractivity contribution in [3.63, 3.8) is 0 Å². The van der Waals surface area contributed by atoms with E-state index in [4.69, 9.17) is 11.6 Å². The Balaban J connectivity index is 1.67. The van der Waals surface area contributed by atoms with Gasteiger partial charge < -0.3 is 5.32 Å². The van der Waals surface area contributed by atoms with E-state index in [1.54, 1.807) is 11.8 Å². The molecule has 0 atom stereocenters. The van der Waals surface area contributed by atoms with Gasteiger partial charge in [0.15, 0.2) is 0 Å². The molecule has 19 heavy (non-hydrogen) atoms. The van der Waals surface area contributed by atoms with Crippen molar-refractivity contribution < 1.29 is 0 Å². The SMILES string of the molecule is Clc1cc(Sc2ccccc2)ccc1CNC1CC1. The summed E-state index contributed by atoms with van der Waals surface area (Å²) in [6.45, 7) is 0.875. The van der Waals surface area contributed by atoms with Gasteiger partial charge in [0.2, 0.25) is 0 Å². The van der Waals surface area contributed by atoms with Crippen LogP contribution in [0.3, 0.4) is 0 Å². The van der Waals surface area contributed by atoms with Gasteiger partial charge in [-0.2, -0.15) is 0 Å². The van der Waals surface area contributed by atoms with Crippen LogP contribution < -0.4 is 5.32 Å². The van der Waals surface area contributed by atoms with Crippen molar-refractivity contribution in [2.45, 2.75) is 35.2 Å². The molecule has 1 aliphatic carbocycles. The number of nitrogens with one attached hydrogen (secondary N) is 1. The minimum atomic E-state index is 0.717. The van der Waals surface area contributed by atoms with E-state index in [0.717, 1.165) is 17.6 Å². The van der Waals surface area contributed by atoms with Crippen LogP contribution in [-0.2, 0) is 6.54 Å². The van der Waals surface area contributed by atoms with E-state index in [1.165, 1.54) is 28.2 Å². The maximum absolute atomic E-state index is 6.35. The third-order valence-electron chi connectivity index (χ3n) is 3.16. The molecule has 0 saturated heterocycles. The van der Waals surface area contributed by atoms with Gasteiger partial charge in [-0.15, -0.1) is 0 Å². The Morgan fingerprint density at radius 2 is 1.84 bits per heavy atom. The first kappa shape index (κ1) is 13.0. The molecule has 0 heterocycles. The second kappa shape index (κ2) is 6.00. The molecule has 1 N–H and O–H groups in total. The average Bonchev–Trinajstić information content (AvgIpc) is 3.23. The van der Waals surface area contributed by atoms with Crippen LogP contribution in [0.15, 0.2) is 58.3 Å². The van der Waals surface area contributed by atoms with Gasteiger partial charge in [0.25, 0.3) is 0 Å². The molecule has 2 aromatic rings. The molecule has 3 rings (SSSR count). The van der Waals surface area contributed by atoms with Gasteiger partial charge in [-0.05, 0) is 42.7 Å². The maximum Gasteiger partial charge on any atom is 0.0462 e. The Bertz CT molecular complexity index is 552. The number of hydrogen-bond acceptors (Lipinski definition) is 2. The van der Waals surface area contributed by atoms with E-state index in [-0.39, 0.29) is 0 Å². The molecule has 98 valence electrons. The van der Waals surface area contributed by atoms with Gasteiger partial charge in [0.05, 0.1) is 0 Å². The lowest BCUT2D eigenvalue weighted by atomic mass is 10.2. The molecule has 0 aromatic heterocycles. The van der Waals surface area contributed by atoms with E-state index >= 15 is 0 Å². The number of benzene rings is 2. The zero-order valence-corrected chi connectivity index (χ0v) is 12.2. The lowest BCUT2D eigenvalue weighted by Gasteiger charge is -2.08. The highest BCUT2D eigenvalue weighted by molar-refractivity contribution is 7.99. The first-order chi connectivity index (χ1) is 9.31. The van der Waals surface area contributed by atoms with Crippen molar-refractivity contribution in [1.29, 1.82) is 0 Å². The first-order valence-corrected chi connectivity index (χ1v) is 7.75. The van der Waals surface area contributed by atoms with Crippen molar-refractivity contribution in [3.8, 4) is 0 Å². The van der Waals surface area contributed by atoms with Gasteiger partial charge in [-0.1, -0.05) is 47.6 Å². The zero-order chi connectivity index (χ0) is 13.1. The predicted molar refractivity (Wildman–Crippen MR) is 81.9 cm³/mol. The van der Waals surface area contributed by atoms with Crippen LogP contribution in [0.25, 0.3) is 0 Å². The quantitative estimate of drug-likeness (QED) is 0.853. The summed E-state index contributed by atoms with van der Waals surface area (Å²) in [5, 5.41) is 4.35. The summed E-state index contributed by atoms with van der Waals surface area (Å²) in [4.78, 5) is 2.42. The smallest absolute Gasteiger partial charge is 0.0462 e. The van der Waals surface area contributed by atoms with Gasteiger partial charge in [0, 0.05) is 27.4 Å². The summed E-state index contributed by atoms with van der Waals surface area (Å²) in [7, 11) is 0. The third-order valence-corrected chi connectivity index (χ3v) is 4.51. The fraction of sp³-hybridized carbons (Fsp3) is 0.250. The fourth-order valence-electron chi connectivity index (χ4n) is 1.90. The van der Waals surface area contributed by atoms with E-state index in [0.29, 0.717) is 0 Å². The fourth-order valence-corrected chi connectivity index (χ4v) is 3.09. The third kappa shape index (κ3) is 3.75. The van der Waals surface area contributed by atoms with Gasteiger partial charge in [-0.25, -0.2) is 0 Å². The highest BCUT2D eigenvalue weighted by Gasteiger charge is 2.20. The van der Waals surface area contributed by atoms with Crippen LogP contribution >= 0.6 is 23.4 Å². The van der Waals surface area contributed by atoms with Gasteiger partial charge in [0.1, 0.15) is 0 Å². The van der Waals surface area contributed by atoms with E-state index in [1.807, 2.05) is 6.07 Å². The average molecular weight is 290 g/mol. The Morgan fingerprint density at radius 1 is 1.05 bits per heavy atom. The van der Waals surface area contributed by atoms with Crippen molar-refractivity contribution in [1.82, 2.24) is 5.32 Å². The number of halogens is 1. The summed E-state index contributed by atoms with van der Waals surface area (Å²) in [6, 6.07) is 17.4. The molecule has 1 saturated carbocycles. The summed E-state index contributed by atoms with van der Waals surface area (Å²) < 4.78 is 0. The maximum atomic E-state index is 6.35. The van der Waals surface area contributed by atoms with Gasteiger partial charge in [-0.3, -0.25) is 0 Å². The van der Waals surface area contributed by atoms with E-state index in [2.05, 4.69) is 47.8 Å². The second-order valence-corrected chi connectivity index (χ2v) is 6.38. The predicted octanol–water partition coefficient (Wildman–Crippen LogP) is 4.74. The van der Waals surface area contributed by atoms with E-state index < -0.39 is 0 Å².